The number of hydrogen-bond donors (Lipinski definition) is 1. The number of fused-ring (bicyclic) bond motifs is 1. The molecular formula is C24H31N5O2. The Balaban J connectivity index is 1.21. The fourth-order valence-electron chi connectivity index (χ4n) is 4.96. The third kappa shape index (κ3) is 4.36. The molecule has 2 aliphatic heterocycles. The van der Waals surface area contributed by atoms with Crippen LogP contribution in [0.15, 0.2) is 24.3 Å². The number of aromatic nitrogens is 3. The van der Waals surface area contributed by atoms with Crippen molar-refractivity contribution in [1.82, 2.24) is 25.0 Å². The molecule has 2 amide bonds. The molecule has 0 radical (unpaired) electrons. The normalized spacial score (nSPS) is 22.9. The molecule has 0 unspecified atom stereocenters. The van der Waals surface area contributed by atoms with Crippen molar-refractivity contribution >= 4 is 11.8 Å². The van der Waals surface area contributed by atoms with E-state index in [2.05, 4.69) is 34.6 Å². The summed E-state index contributed by atoms with van der Waals surface area (Å²) in [5.74, 6) is 2.09. The van der Waals surface area contributed by atoms with Crippen LogP contribution in [0.25, 0.3) is 0 Å². The highest BCUT2D eigenvalue weighted by atomic mass is 16.2. The first-order chi connectivity index (χ1) is 15.0. The molecule has 31 heavy (non-hydrogen) atoms. The molecule has 3 aliphatic rings. The highest BCUT2D eigenvalue weighted by Gasteiger charge is 2.41. The predicted molar refractivity (Wildman–Crippen MR) is 117 cm³/mol. The van der Waals surface area contributed by atoms with Gasteiger partial charge in [0.2, 0.25) is 11.7 Å². The quantitative estimate of drug-likeness (QED) is 0.805. The van der Waals surface area contributed by atoms with E-state index in [9.17, 15) is 9.59 Å². The zero-order valence-electron chi connectivity index (χ0n) is 18.3. The van der Waals surface area contributed by atoms with Crippen LogP contribution in [0.4, 0.5) is 0 Å². The molecule has 7 nitrogen and oxygen atoms in total. The Morgan fingerprint density at radius 3 is 2.65 bits per heavy atom. The predicted octanol–water partition coefficient (Wildman–Crippen LogP) is 2.52. The van der Waals surface area contributed by atoms with Crippen molar-refractivity contribution in [2.75, 3.05) is 19.6 Å². The number of rotatable bonds is 5. The van der Waals surface area contributed by atoms with Gasteiger partial charge in [0.25, 0.3) is 5.91 Å². The van der Waals surface area contributed by atoms with Crippen LogP contribution < -0.4 is 5.32 Å². The van der Waals surface area contributed by atoms with Crippen LogP contribution in [0.5, 0.6) is 0 Å². The van der Waals surface area contributed by atoms with E-state index in [1.165, 1.54) is 18.4 Å². The Hall–Kier alpha value is -2.70. The van der Waals surface area contributed by atoms with Crippen LogP contribution in [-0.2, 0) is 24.2 Å². The fraction of sp³-hybridized carbons (Fsp3) is 0.583. The number of carbonyl (C=O) groups excluding carboxylic acids is 2. The molecule has 2 fully saturated rings. The van der Waals surface area contributed by atoms with E-state index in [1.807, 2.05) is 21.6 Å². The van der Waals surface area contributed by atoms with E-state index in [0.717, 1.165) is 63.3 Å². The Bertz CT molecular complexity index is 978. The van der Waals surface area contributed by atoms with Crippen molar-refractivity contribution in [3.63, 3.8) is 0 Å². The molecule has 1 spiro atoms. The van der Waals surface area contributed by atoms with Crippen LogP contribution in [0, 0.1) is 18.3 Å². The average molecular weight is 422 g/mol. The van der Waals surface area contributed by atoms with E-state index < -0.39 is 0 Å². The van der Waals surface area contributed by atoms with Crippen molar-refractivity contribution < 1.29 is 9.59 Å². The maximum Gasteiger partial charge on any atom is 0.289 e. The van der Waals surface area contributed by atoms with Gasteiger partial charge in [0.15, 0.2) is 0 Å². The zero-order valence-corrected chi connectivity index (χ0v) is 18.3. The van der Waals surface area contributed by atoms with Gasteiger partial charge in [0.05, 0.1) is 6.42 Å². The van der Waals surface area contributed by atoms with Crippen LogP contribution in [0.3, 0.4) is 0 Å². The molecule has 164 valence electrons. The summed E-state index contributed by atoms with van der Waals surface area (Å²) in [6.45, 7) is 5.17. The first-order valence-corrected chi connectivity index (χ1v) is 11.5. The Labute approximate surface area is 183 Å². The van der Waals surface area contributed by atoms with Crippen molar-refractivity contribution in [3.05, 3.63) is 47.0 Å². The lowest BCUT2D eigenvalue weighted by Crippen LogP contribution is -2.33. The van der Waals surface area contributed by atoms with Gasteiger partial charge in [0, 0.05) is 32.6 Å². The van der Waals surface area contributed by atoms with Gasteiger partial charge < -0.3 is 14.8 Å². The lowest BCUT2D eigenvalue weighted by Gasteiger charge is -2.27. The van der Waals surface area contributed by atoms with Crippen LogP contribution in [0.1, 0.15) is 59.7 Å². The molecule has 1 saturated carbocycles. The van der Waals surface area contributed by atoms with Crippen LogP contribution in [-0.4, -0.2) is 51.1 Å². The number of nitrogens with zero attached hydrogens (tertiary/aromatic N) is 4. The van der Waals surface area contributed by atoms with Crippen molar-refractivity contribution in [2.45, 2.75) is 58.4 Å². The Morgan fingerprint density at radius 2 is 1.87 bits per heavy atom. The van der Waals surface area contributed by atoms with E-state index in [-0.39, 0.29) is 17.2 Å². The number of carbonyl (C=O) groups is 2. The minimum atomic E-state index is -0.108. The number of hydrogen-bond acceptors (Lipinski definition) is 4. The van der Waals surface area contributed by atoms with Gasteiger partial charge in [-0.05, 0) is 55.9 Å². The summed E-state index contributed by atoms with van der Waals surface area (Å²) in [5.41, 5.74) is 2.40. The van der Waals surface area contributed by atoms with Gasteiger partial charge in [-0.15, -0.1) is 10.2 Å². The first-order valence-electron chi connectivity index (χ1n) is 11.5. The van der Waals surface area contributed by atoms with Gasteiger partial charge >= 0.3 is 0 Å². The van der Waals surface area contributed by atoms with Gasteiger partial charge in [-0.25, -0.2) is 0 Å². The summed E-state index contributed by atoms with van der Waals surface area (Å²) in [4.78, 5) is 27.5. The van der Waals surface area contributed by atoms with Gasteiger partial charge in [-0.3, -0.25) is 9.59 Å². The maximum atomic E-state index is 12.9. The minimum absolute atomic E-state index is 0.108. The first kappa shape index (κ1) is 20.2. The summed E-state index contributed by atoms with van der Waals surface area (Å²) >= 11 is 0. The fourth-order valence-corrected chi connectivity index (χ4v) is 4.96. The summed E-state index contributed by atoms with van der Waals surface area (Å²) in [6.07, 6.45) is 6.66. The zero-order chi connectivity index (χ0) is 21.4. The van der Waals surface area contributed by atoms with E-state index >= 15 is 0 Å². The second kappa shape index (κ2) is 8.09. The summed E-state index contributed by atoms with van der Waals surface area (Å²) < 4.78 is 2.01. The molecular weight excluding hydrogens is 390 g/mol. The summed E-state index contributed by atoms with van der Waals surface area (Å²) in [5, 5.41) is 11.5. The highest BCUT2D eigenvalue weighted by Crippen LogP contribution is 2.41. The van der Waals surface area contributed by atoms with Crippen molar-refractivity contribution in [1.29, 1.82) is 0 Å². The maximum absolute atomic E-state index is 12.9. The molecule has 1 atom stereocenters. The lowest BCUT2D eigenvalue weighted by atomic mass is 9.80. The van der Waals surface area contributed by atoms with E-state index in [0.29, 0.717) is 18.2 Å². The number of likely N-dealkylation sites (tertiary alicyclic amines) is 1. The highest BCUT2D eigenvalue weighted by molar-refractivity contribution is 5.90. The molecule has 1 N–H and O–H groups in total. The molecule has 1 aromatic carbocycles. The molecule has 1 aromatic heterocycles. The molecule has 5 rings (SSSR count). The van der Waals surface area contributed by atoms with Crippen molar-refractivity contribution in [2.24, 2.45) is 11.3 Å². The average Bonchev–Trinajstić information content (AvgIpc) is 3.41. The minimum Gasteiger partial charge on any atom is -0.349 e. The monoisotopic (exact) mass is 421 g/mol. The van der Waals surface area contributed by atoms with E-state index in [4.69, 9.17) is 0 Å². The number of benzene rings is 1. The smallest absolute Gasteiger partial charge is 0.289 e. The molecule has 1 aliphatic carbocycles. The lowest BCUT2D eigenvalue weighted by molar-refractivity contribution is -0.129. The number of aryl methyl sites for hydroxylation is 2. The Morgan fingerprint density at radius 1 is 1.10 bits per heavy atom. The molecule has 7 heteroatoms. The number of nitrogens with one attached hydrogen (secondary N) is 1. The van der Waals surface area contributed by atoms with Gasteiger partial charge in [0.1, 0.15) is 5.82 Å². The topological polar surface area (TPSA) is 80.1 Å². The van der Waals surface area contributed by atoms with Crippen LogP contribution in [0.2, 0.25) is 0 Å². The summed E-state index contributed by atoms with van der Waals surface area (Å²) in [6, 6.07) is 8.22. The standard InChI is InChI=1S/C24H31N5O2/c1-17-2-4-18(5-3-17)14-21(30)28-12-10-24(16-28)9-8-20-26-27-22(29(20)13-11-24)23(31)25-15-19-6-7-19/h2-5,19H,6-16H2,1H3,(H,25,31)/t24-/m1/s1. The summed E-state index contributed by atoms with van der Waals surface area (Å²) in [7, 11) is 0. The largest absolute Gasteiger partial charge is 0.349 e. The second-order valence-corrected chi connectivity index (χ2v) is 9.72. The number of amides is 2. The van der Waals surface area contributed by atoms with Crippen molar-refractivity contribution in [3.8, 4) is 0 Å². The third-order valence-corrected chi connectivity index (χ3v) is 7.29. The molecule has 1 saturated heterocycles. The second-order valence-electron chi connectivity index (χ2n) is 9.72. The van der Waals surface area contributed by atoms with Crippen LogP contribution >= 0.6 is 0 Å². The van der Waals surface area contributed by atoms with Gasteiger partial charge in [-0.2, -0.15) is 0 Å². The Kier molecular flexibility index (Phi) is 5.28. The van der Waals surface area contributed by atoms with E-state index in [1.54, 1.807) is 0 Å². The molecule has 3 heterocycles. The molecule has 2 aromatic rings. The van der Waals surface area contributed by atoms with Gasteiger partial charge in [-0.1, -0.05) is 29.8 Å². The third-order valence-electron chi connectivity index (χ3n) is 7.29. The molecule has 0 bridgehead atoms. The SMILES string of the molecule is Cc1ccc(CC(=O)N2CC[C@@]3(CCc4nnc(C(=O)NCC5CC5)n4CC3)C2)cc1.